The number of nitrogens with one attached hydrogen (secondary N) is 1. The second-order valence-electron chi connectivity index (χ2n) is 3.45. The van der Waals surface area contributed by atoms with Crippen molar-refractivity contribution in [3.05, 3.63) is 35.8 Å². The molecule has 1 aromatic carbocycles. The van der Waals surface area contributed by atoms with Gasteiger partial charge in [-0.15, -0.1) is 0 Å². The highest BCUT2D eigenvalue weighted by Gasteiger charge is 2.02. The van der Waals surface area contributed by atoms with Gasteiger partial charge in [0.05, 0.1) is 11.9 Å². The number of aryl methyl sites for hydroxylation is 2. The van der Waals surface area contributed by atoms with Crippen LogP contribution in [-0.2, 0) is 0 Å². The van der Waals surface area contributed by atoms with E-state index >= 15 is 0 Å². The fourth-order valence-corrected chi connectivity index (χ4v) is 1.38. The number of imidazole rings is 1. The van der Waals surface area contributed by atoms with E-state index in [0.717, 1.165) is 28.3 Å². The average Bonchev–Trinajstić information content (AvgIpc) is 2.57. The SMILES string of the molecule is Cc1ncc(-c2ccc(C)c(N)c2)[nH]1. The quantitative estimate of drug-likeness (QED) is 0.673. The maximum absolute atomic E-state index is 5.83. The predicted octanol–water partition coefficient (Wildman–Crippen LogP) is 2.28. The fourth-order valence-electron chi connectivity index (χ4n) is 1.38. The highest BCUT2D eigenvalue weighted by Crippen LogP contribution is 2.21. The van der Waals surface area contributed by atoms with Crippen molar-refractivity contribution in [2.75, 3.05) is 5.73 Å². The van der Waals surface area contributed by atoms with Crippen molar-refractivity contribution in [2.24, 2.45) is 0 Å². The van der Waals surface area contributed by atoms with Crippen molar-refractivity contribution in [2.45, 2.75) is 13.8 Å². The Balaban J connectivity index is 2.47. The second-order valence-corrected chi connectivity index (χ2v) is 3.45. The minimum absolute atomic E-state index is 0.815. The molecule has 0 atom stereocenters. The normalized spacial score (nSPS) is 10.4. The van der Waals surface area contributed by atoms with Crippen molar-refractivity contribution in [3.8, 4) is 11.3 Å². The van der Waals surface area contributed by atoms with E-state index in [-0.39, 0.29) is 0 Å². The van der Waals surface area contributed by atoms with Crippen LogP contribution in [0, 0.1) is 13.8 Å². The highest BCUT2D eigenvalue weighted by molar-refractivity contribution is 5.65. The summed E-state index contributed by atoms with van der Waals surface area (Å²) < 4.78 is 0. The Labute approximate surface area is 83.0 Å². The van der Waals surface area contributed by atoms with Gasteiger partial charge in [0.25, 0.3) is 0 Å². The molecular weight excluding hydrogens is 174 g/mol. The Morgan fingerprint density at radius 1 is 1.29 bits per heavy atom. The van der Waals surface area contributed by atoms with Crippen molar-refractivity contribution >= 4 is 5.69 Å². The molecule has 0 unspecified atom stereocenters. The molecule has 3 N–H and O–H groups in total. The number of nitrogen functional groups attached to an aromatic ring is 1. The summed E-state index contributed by atoms with van der Waals surface area (Å²) in [6, 6.07) is 6.02. The van der Waals surface area contributed by atoms with Gasteiger partial charge in [-0.3, -0.25) is 0 Å². The number of aromatic nitrogens is 2. The Morgan fingerprint density at radius 3 is 2.64 bits per heavy atom. The molecule has 2 rings (SSSR count). The van der Waals surface area contributed by atoms with E-state index in [1.165, 1.54) is 0 Å². The lowest BCUT2D eigenvalue weighted by molar-refractivity contribution is 1.15. The van der Waals surface area contributed by atoms with Gasteiger partial charge in [-0.1, -0.05) is 12.1 Å². The number of anilines is 1. The zero-order chi connectivity index (χ0) is 10.1. The summed E-state index contributed by atoms with van der Waals surface area (Å²) in [5, 5.41) is 0. The Morgan fingerprint density at radius 2 is 2.07 bits per heavy atom. The molecule has 1 aromatic heterocycles. The zero-order valence-corrected chi connectivity index (χ0v) is 8.33. The predicted molar refractivity (Wildman–Crippen MR) is 57.9 cm³/mol. The van der Waals surface area contributed by atoms with Crippen LogP contribution in [0.5, 0.6) is 0 Å². The third-order valence-corrected chi connectivity index (χ3v) is 2.29. The van der Waals surface area contributed by atoms with Gasteiger partial charge >= 0.3 is 0 Å². The van der Waals surface area contributed by atoms with Crippen LogP contribution in [0.4, 0.5) is 5.69 Å². The number of hydrogen-bond donors (Lipinski definition) is 2. The molecule has 0 radical (unpaired) electrons. The first kappa shape index (κ1) is 8.81. The molecule has 2 aromatic rings. The topological polar surface area (TPSA) is 54.7 Å². The van der Waals surface area contributed by atoms with E-state index < -0.39 is 0 Å². The molecular formula is C11H13N3. The summed E-state index contributed by atoms with van der Waals surface area (Å²) in [6.45, 7) is 3.93. The molecule has 14 heavy (non-hydrogen) atoms. The second kappa shape index (κ2) is 3.18. The lowest BCUT2D eigenvalue weighted by Gasteiger charge is -2.02. The molecule has 3 heteroatoms. The molecule has 0 bridgehead atoms. The van der Waals surface area contributed by atoms with Crippen LogP contribution in [0.3, 0.4) is 0 Å². The monoisotopic (exact) mass is 187 g/mol. The summed E-state index contributed by atoms with van der Waals surface area (Å²) in [4.78, 5) is 7.32. The van der Waals surface area contributed by atoms with Gasteiger partial charge in [-0.2, -0.15) is 0 Å². The van der Waals surface area contributed by atoms with Crippen LogP contribution in [0.1, 0.15) is 11.4 Å². The molecule has 0 aliphatic carbocycles. The molecule has 3 nitrogen and oxygen atoms in total. The van der Waals surface area contributed by atoms with Crippen LogP contribution in [0.25, 0.3) is 11.3 Å². The van der Waals surface area contributed by atoms with Gasteiger partial charge in [0.2, 0.25) is 0 Å². The average molecular weight is 187 g/mol. The van der Waals surface area contributed by atoms with Gasteiger partial charge < -0.3 is 10.7 Å². The highest BCUT2D eigenvalue weighted by atomic mass is 14.9. The van der Waals surface area contributed by atoms with Crippen molar-refractivity contribution < 1.29 is 0 Å². The lowest BCUT2D eigenvalue weighted by atomic mass is 10.1. The fraction of sp³-hybridized carbons (Fsp3) is 0.182. The minimum atomic E-state index is 0.815. The molecule has 0 saturated heterocycles. The first-order valence-corrected chi connectivity index (χ1v) is 4.55. The summed E-state index contributed by atoms with van der Waals surface area (Å²) in [7, 11) is 0. The van der Waals surface area contributed by atoms with Crippen LogP contribution in [0.15, 0.2) is 24.4 Å². The molecule has 0 amide bonds. The Hall–Kier alpha value is -1.77. The third-order valence-electron chi connectivity index (χ3n) is 2.29. The third kappa shape index (κ3) is 1.48. The molecule has 0 fully saturated rings. The number of aromatic amines is 1. The summed E-state index contributed by atoms with van der Waals surface area (Å²) in [5.41, 5.74) is 9.83. The summed E-state index contributed by atoms with van der Waals surface area (Å²) in [6.07, 6.45) is 1.82. The molecule has 1 heterocycles. The van der Waals surface area contributed by atoms with Gasteiger partial charge in [0.15, 0.2) is 0 Å². The first-order chi connectivity index (χ1) is 6.66. The molecule has 72 valence electrons. The van der Waals surface area contributed by atoms with Crippen LogP contribution in [0.2, 0.25) is 0 Å². The van der Waals surface area contributed by atoms with Crippen molar-refractivity contribution in [1.29, 1.82) is 0 Å². The van der Waals surface area contributed by atoms with Crippen molar-refractivity contribution in [3.63, 3.8) is 0 Å². The standard InChI is InChI=1S/C11H13N3/c1-7-3-4-9(5-10(7)12)11-6-13-8(2)14-11/h3-6H,12H2,1-2H3,(H,13,14). The summed E-state index contributed by atoms with van der Waals surface area (Å²) >= 11 is 0. The Bertz CT molecular complexity index is 457. The van der Waals surface area contributed by atoms with Gasteiger partial charge in [0.1, 0.15) is 5.82 Å². The van der Waals surface area contributed by atoms with E-state index in [1.807, 2.05) is 38.2 Å². The largest absolute Gasteiger partial charge is 0.398 e. The van der Waals surface area contributed by atoms with E-state index in [1.54, 1.807) is 0 Å². The maximum atomic E-state index is 5.83. The smallest absolute Gasteiger partial charge is 0.103 e. The number of hydrogen-bond acceptors (Lipinski definition) is 2. The minimum Gasteiger partial charge on any atom is -0.398 e. The van der Waals surface area contributed by atoms with E-state index in [0.29, 0.717) is 0 Å². The molecule has 0 aliphatic heterocycles. The van der Waals surface area contributed by atoms with Crippen LogP contribution >= 0.6 is 0 Å². The number of nitrogens with zero attached hydrogens (tertiary/aromatic N) is 1. The number of nitrogens with two attached hydrogens (primary N) is 1. The molecule has 0 aliphatic rings. The Kier molecular flexibility index (Phi) is 2.00. The molecule has 0 saturated carbocycles. The summed E-state index contributed by atoms with van der Waals surface area (Å²) in [5.74, 6) is 0.916. The maximum Gasteiger partial charge on any atom is 0.103 e. The van der Waals surface area contributed by atoms with E-state index in [2.05, 4.69) is 9.97 Å². The van der Waals surface area contributed by atoms with Crippen molar-refractivity contribution in [1.82, 2.24) is 9.97 Å². The van der Waals surface area contributed by atoms with E-state index in [9.17, 15) is 0 Å². The lowest BCUT2D eigenvalue weighted by Crippen LogP contribution is -1.89. The zero-order valence-electron chi connectivity index (χ0n) is 8.33. The number of rotatable bonds is 1. The van der Waals surface area contributed by atoms with Gasteiger partial charge in [0, 0.05) is 11.3 Å². The molecule has 0 spiro atoms. The number of H-pyrrole nitrogens is 1. The van der Waals surface area contributed by atoms with Crippen LogP contribution < -0.4 is 5.73 Å². The van der Waals surface area contributed by atoms with Gasteiger partial charge in [-0.05, 0) is 25.5 Å². The number of benzene rings is 1. The first-order valence-electron chi connectivity index (χ1n) is 4.55. The van der Waals surface area contributed by atoms with Gasteiger partial charge in [-0.25, -0.2) is 4.98 Å². The van der Waals surface area contributed by atoms with Crippen LogP contribution in [-0.4, -0.2) is 9.97 Å². The van der Waals surface area contributed by atoms with E-state index in [4.69, 9.17) is 5.73 Å².